The van der Waals surface area contributed by atoms with Gasteiger partial charge in [0.25, 0.3) is 5.89 Å². The number of rotatable bonds is 3. The van der Waals surface area contributed by atoms with Crippen LogP contribution in [-0.4, -0.2) is 15.1 Å². The second-order valence-corrected chi connectivity index (χ2v) is 4.55. The fourth-order valence-electron chi connectivity index (χ4n) is 2.07. The van der Waals surface area contributed by atoms with Crippen LogP contribution in [0.1, 0.15) is 17.1 Å². The Morgan fingerprint density at radius 2 is 2.05 bits per heavy atom. The average molecular weight is 266 g/mol. The zero-order valence-electron chi connectivity index (χ0n) is 11.1. The Bertz CT molecular complexity index is 701. The third-order valence-corrected chi connectivity index (χ3v) is 3.05. The molecule has 0 fully saturated rings. The number of hydrogen-bond donors (Lipinski definition) is 1. The monoisotopic (exact) mass is 266 g/mol. The van der Waals surface area contributed by atoms with E-state index in [-0.39, 0.29) is 0 Å². The minimum atomic E-state index is 0.450. The largest absolute Gasteiger partial charge is 0.398 e. The van der Waals surface area contributed by atoms with E-state index < -0.39 is 0 Å². The fraction of sp³-hybridized carbons (Fsp3) is 0.133. The predicted octanol–water partition coefficient (Wildman–Crippen LogP) is 2.61. The van der Waals surface area contributed by atoms with Gasteiger partial charge in [0.05, 0.1) is 12.0 Å². The summed E-state index contributed by atoms with van der Waals surface area (Å²) in [6, 6.07) is 11.4. The molecular weight excluding hydrogens is 252 g/mol. The van der Waals surface area contributed by atoms with Crippen molar-refractivity contribution in [1.82, 2.24) is 15.1 Å². The molecule has 0 unspecified atom stereocenters. The number of nitrogen functional groups attached to an aromatic ring is 1. The van der Waals surface area contributed by atoms with Crippen LogP contribution in [0, 0.1) is 6.92 Å². The second-order valence-electron chi connectivity index (χ2n) is 4.55. The smallest absolute Gasteiger partial charge is 0.260 e. The van der Waals surface area contributed by atoms with Crippen LogP contribution in [0.15, 0.2) is 47.1 Å². The fourth-order valence-corrected chi connectivity index (χ4v) is 2.07. The standard InChI is InChI=1S/C15H14N4O/c1-10-5-4-7-12(16)14(10)15-18-13(19-20-15)9-11-6-2-3-8-17-11/h2-8H,9,16H2,1H3. The van der Waals surface area contributed by atoms with E-state index in [1.54, 1.807) is 6.20 Å². The molecule has 20 heavy (non-hydrogen) atoms. The maximum Gasteiger partial charge on any atom is 0.260 e. The molecule has 1 aromatic carbocycles. The zero-order chi connectivity index (χ0) is 13.9. The number of nitrogens with two attached hydrogens (primary N) is 1. The molecule has 0 spiro atoms. The van der Waals surface area contributed by atoms with Crippen LogP contribution in [0.5, 0.6) is 0 Å². The van der Waals surface area contributed by atoms with Crippen molar-refractivity contribution in [2.45, 2.75) is 13.3 Å². The quantitative estimate of drug-likeness (QED) is 0.737. The zero-order valence-corrected chi connectivity index (χ0v) is 11.1. The van der Waals surface area contributed by atoms with E-state index in [0.717, 1.165) is 16.8 Å². The van der Waals surface area contributed by atoms with Crippen LogP contribution in [0.4, 0.5) is 5.69 Å². The van der Waals surface area contributed by atoms with Crippen molar-refractivity contribution in [3.63, 3.8) is 0 Å². The SMILES string of the molecule is Cc1cccc(N)c1-c1nc(Cc2ccccn2)no1. The number of nitrogens with zero attached hydrogens (tertiary/aromatic N) is 3. The highest BCUT2D eigenvalue weighted by Crippen LogP contribution is 2.27. The lowest BCUT2D eigenvalue weighted by Crippen LogP contribution is -1.95. The van der Waals surface area contributed by atoms with Gasteiger partial charge in [0.1, 0.15) is 0 Å². The Morgan fingerprint density at radius 1 is 1.15 bits per heavy atom. The minimum absolute atomic E-state index is 0.450. The number of aryl methyl sites for hydroxylation is 1. The Labute approximate surface area is 116 Å². The maximum absolute atomic E-state index is 5.98. The number of anilines is 1. The van der Waals surface area contributed by atoms with Gasteiger partial charge in [-0.15, -0.1) is 0 Å². The summed E-state index contributed by atoms with van der Waals surface area (Å²) in [7, 11) is 0. The van der Waals surface area contributed by atoms with Crippen molar-refractivity contribution in [2.75, 3.05) is 5.73 Å². The van der Waals surface area contributed by atoms with E-state index in [2.05, 4.69) is 15.1 Å². The second kappa shape index (κ2) is 5.13. The highest BCUT2D eigenvalue weighted by atomic mass is 16.5. The molecule has 0 aliphatic heterocycles. The Balaban J connectivity index is 1.91. The molecule has 5 heteroatoms. The first-order valence-corrected chi connectivity index (χ1v) is 6.32. The van der Waals surface area contributed by atoms with Gasteiger partial charge in [0.15, 0.2) is 5.82 Å². The number of aromatic nitrogens is 3. The molecule has 0 bridgehead atoms. The summed E-state index contributed by atoms with van der Waals surface area (Å²) >= 11 is 0. The van der Waals surface area contributed by atoms with E-state index >= 15 is 0 Å². The molecule has 100 valence electrons. The van der Waals surface area contributed by atoms with Crippen LogP contribution in [-0.2, 0) is 6.42 Å². The van der Waals surface area contributed by atoms with Gasteiger partial charge in [-0.25, -0.2) is 0 Å². The molecule has 0 aliphatic rings. The molecule has 0 radical (unpaired) electrons. The van der Waals surface area contributed by atoms with Crippen molar-refractivity contribution in [3.8, 4) is 11.5 Å². The predicted molar refractivity (Wildman–Crippen MR) is 75.9 cm³/mol. The van der Waals surface area contributed by atoms with Gasteiger partial charge >= 0.3 is 0 Å². The Morgan fingerprint density at radius 3 is 2.80 bits per heavy atom. The topological polar surface area (TPSA) is 77.8 Å². The van der Waals surface area contributed by atoms with Gasteiger partial charge in [0.2, 0.25) is 0 Å². The first kappa shape index (κ1) is 12.3. The van der Waals surface area contributed by atoms with Crippen LogP contribution < -0.4 is 5.73 Å². The Kier molecular flexibility index (Phi) is 3.16. The number of pyridine rings is 1. The van der Waals surface area contributed by atoms with Crippen LogP contribution in [0.25, 0.3) is 11.5 Å². The van der Waals surface area contributed by atoms with Crippen LogP contribution in [0.2, 0.25) is 0 Å². The summed E-state index contributed by atoms with van der Waals surface area (Å²) in [6.45, 7) is 1.97. The molecule has 0 saturated heterocycles. The molecule has 2 N–H and O–H groups in total. The molecule has 3 aromatic rings. The van der Waals surface area contributed by atoms with Crippen molar-refractivity contribution in [3.05, 3.63) is 59.7 Å². The highest BCUT2D eigenvalue weighted by Gasteiger charge is 2.14. The van der Waals surface area contributed by atoms with E-state index in [1.165, 1.54) is 0 Å². The number of benzene rings is 1. The lowest BCUT2D eigenvalue weighted by atomic mass is 10.1. The lowest BCUT2D eigenvalue weighted by molar-refractivity contribution is 0.423. The van der Waals surface area contributed by atoms with Gasteiger partial charge in [-0.3, -0.25) is 4.98 Å². The molecule has 3 rings (SSSR count). The summed E-state index contributed by atoms with van der Waals surface area (Å²) in [6.07, 6.45) is 2.28. The van der Waals surface area contributed by atoms with Gasteiger partial charge in [-0.2, -0.15) is 4.98 Å². The summed E-state index contributed by atoms with van der Waals surface area (Å²) < 4.78 is 5.32. The molecule has 0 saturated carbocycles. The average Bonchev–Trinajstić information content (AvgIpc) is 2.88. The van der Waals surface area contributed by atoms with Gasteiger partial charge in [-0.1, -0.05) is 23.4 Å². The van der Waals surface area contributed by atoms with Crippen LogP contribution in [0.3, 0.4) is 0 Å². The Hall–Kier alpha value is -2.69. The summed E-state index contributed by atoms with van der Waals surface area (Å²) in [5.41, 5.74) is 9.32. The summed E-state index contributed by atoms with van der Waals surface area (Å²) in [5.74, 6) is 1.05. The molecule has 2 aromatic heterocycles. The van der Waals surface area contributed by atoms with E-state index in [0.29, 0.717) is 23.8 Å². The van der Waals surface area contributed by atoms with Crippen molar-refractivity contribution >= 4 is 5.69 Å². The minimum Gasteiger partial charge on any atom is -0.398 e. The van der Waals surface area contributed by atoms with Crippen LogP contribution >= 0.6 is 0 Å². The van der Waals surface area contributed by atoms with Crippen molar-refractivity contribution in [1.29, 1.82) is 0 Å². The molecule has 2 heterocycles. The first-order chi connectivity index (χ1) is 9.74. The van der Waals surface area contributed by atoms with E-state index in [4.69, 9.17) is 10.3 Å². The molecule has 0 atom stereocenters. The first-order valence-electron chi connectivity index (χ1n) is 6.32. The molecular formula is C15H14N4O. The van der Waals surface area contributed by atoms with E-state index in [1.807, 2.05) is 43.3 Å². The van der Waals surface area contributed by atoms with Gasteiger partial charge in [-0.05, 0) is 30.7 Å². The van der Waals surface area contributed by atoms with Crippen molar-refractivity contribution in [2.24, 2.45) is 0 Å². The number of hydrogen-bond acceptors (Lipinski definition) is 5. The third kappa shape index (κ3) is 2.38. The normalized spacial score (nSPS) is 10.7. The maximum atomic E-state index is 5.98. The lowest BCUT2D eigenvalue weighted by Gasteiger charge is -2.03. The third-order valence-electron chi connectivity index (χ3n) is 3.05. The molecule has 5 nitrogen and oxygen atoms in total. The van der Waals surface area contributed by atoms with Crippen molar-refractivity contribution < 1.29 is 4.52 Å². The molecule has 0 aliphatic carbocycles. The van der Waals surface area contributed by atoms with Gasteiger partial charge < -0.3 is 10.3 Å². The summed E-state index contributed by atoms with van der Waals surface area (Å²) in [5, 5.41) is 3.99. The summed E-state index contributed by atoms with van der Waals surface area (Å²) in [4.78, 5) is 8.64. The van der Waals surface area contributed by atoms with Gasteiger partial charge in [0, 0.05) is 17.6 Å². The highest BCUT2D eigenvalue weighted by molar-refractivity contribution is 5.73. The molecule has 0 amide bonds. The van der Waals surface area contributed by atoms with E-state index in [9.17, 15) is 0 Å².